The molecule has 1 aromatic carbocycles. The molecule has 0 amide bonds. The summed E-state index contributed by atoms with van der Waals surface area (Å²) in [5, 5.41) is 7.07. The van der Waals surface area contributed by atoms with Crippen molar-refractivity contribution in [3.8, 4) is 16.6 Å². The van der Waals surface area contributed by atoms with E-state index in [1.807, 2.05) is 54.2 Å². The van der Waals surface area contributed by atoms with Gasteiger partial charge in [-0.1, -0.05) is 6.07 Å². The van der Waals surface area contributed by atoms with Crippen LogP contribution in [0.15, 0.2) is 60.2 Å². The maximum absolute atomic E-state index is 5.89. The molecule has 0 unspecified atom stereocenters. The molecule has 3 aromatic heterocycles. The summed E-state index contributed by atoms with van der Waals surface area (Å²) in [6.07, 6.45) is 3.64. The van der Waals surface area contributed by atoms with Crippen LogP contribution in [-0.4, -0.2) is 33.9 Å². The van der Waals surface area contributed by atoms with E-state index >= 15 is 0 Å². The summed E-state index contributed by atoms with van der Waals surface area (Å²) in [7, 11) is 3.30. The number of methoxy groups -OCH3 is 2. The van der Waals surface area contributed by atoms with Crippen LogP contribution in [0, 0.1) is 13.8 Å². The summed E-state index contributed by atoms with van der Waals surface area (Å²) in [6, 6.07) is 13.7. The van der Waals surface area contributed by atoms with Gasteiger partial charge in [0.15, 0.2) is 10.2 Å². The van der Waals surface area contributed by atoms with Gasteiger partial charge in [0.25, 0.3) is 0 Å². The number of hydrogen-bond donors (Lipinski definition) is 1. The highest BCUT2D eigenvalue weighted by Crippen LogP contribution is 2.46. The quantitative estimate of drug-likeness (QED) is 0.375. The highest BCUT2D eigenvalue weighted by atomic mass is 32.1. The standard InChI is InChI=1S/C25H25N5O2S2/c1-15-13-18(16(2)29(15)25-27-11-12-34-25)23-22(19-7-5-6-10-26-19)28-24(33)30(23)20-9-8-17(31-3)14-21(20)32-4/h5-14,22-23H,1-4H3,(H,28,33)/t22-,23-/m1/s1. The van der Waals surface area contributed by atoms with Crippen LogP contribution in [0.1, 0.15) is 34.7 Å². The van der Waals surface area contributed by atoms with Crippen molar-refractivity contribution in [3.05, 3.63) is 82.9 Å². The third-order valence-corrected chi connectivity index (χ3v) is 7.22. The van der Waals surface area contributed by atoms with Crippen molar-refractivity contribution in [1.29, 1.82) is 0 Å². The van der Waals surface area contributed by atoms with Gasteiger partial charge in [-0.25, -0.2) is 4.98 Å². The molecule has 5 rings (SSSR count). The van der Waals surface area contributed by atoms with Crippen LogP contribution < -0.4 is 19.7 Å². The number of aryl methyl sites for hydroxylation is 1. The van der Waals surface area contributed by atoms with Crippen molar-refractivity contribution in [2.24, 2.45) is 0 Å². The Morgan fingerprint density at radius 3 is 2.56 bits per heavy atom. The number of thiazole rings is 1. The number of hydrogen-bond acceptors (Lipinski definition) is 6. The first-order chi connectivity index (χ1) is 16.5. The molecule has 0 spiro atoms. The van der Waals surface area contributed by atoms with E-state index in [9.17, 15) is 0 Å². The molecule has 0 bridgehead atoms. The Bertz CT molecular complexity index is 1320. The van der Waals surface area contributed by atoms with Gasteiger partial charge < -0.3 is 19.7 Å². The fourth-order valence-electron chi connectivity index (χ4n) is 4.62. The third-order valence-electron chi connectivity index (χ3n) is 6.14. The number of nitrogens with zero attached hydrogens (tertiary/aromatic N) is 4. The molecule has 9 heteroatoms. The molecule has 1 saturated heterocycles. The zero-order chi connectivity index (χ0) is 23.8. The Balaban J connectivity index is 1.70. The van der Waals surface area contributed by atoms with Gasteiger partial charge in [-0.05, 0) is 62.0 Å². The van der Waals surface area contributed by atoms with Gasteiger partial charge >= 0.3 is 0 Å². The molecule has 34 heavy (non-hydrogen) atoms. The van der Waals surface area contributed by atoms with Crippen molar-refractivity contribution in [3.63, 3.8) is 0 Å². The smallest absolute Gasteiger partial charge is 0.193 e. The van der Waals surface area contributed by atoms with Crippen LogP contribution in [0.25, 0.3) is 5.13 Å². The average Bonchev–Trinajstić information content (AvgIpc) is 3.57. The van der Waals surface area contributed by atoms with Gasteiger partial charge in [0.2, 0.25) is 0 Å². The summed E-state index contributed by atoms with van der Waals surface area (Å²) >= 11 is 7.51. The van der Waals surface area contributed by atoms with E-state index in [1.54, 1.807) is 25.6 Å². The lowest BCUT2D eigenvalue weighted by Gasteiger charge is -2.29. The molecule has 4 heterocycles. The van der Waals surface area contributed by atoms with Crippen LogP contribution in [0.2, 0.25) is 0 Å². The maximum atomic E-state index is 5.89. The molecule has 1 aliphatic rings. The Morgan fingerprint density at radius 1 is 1.03 bits per heavy atom. The maximum Gasteiger partial charge on any atom is 0.193 e. The van der Waals surface area contributed by atoms with Gasteiger partial charge in [-0.3, -0.25) is 9.55 Å². The van der Waals surface area contributed by atoms with Crippen LogP contribution in [0.5, 0.6) is 11.5 Å². The second-order valence-corrected chi connectivity index (χ2v) is 9.27. The van der Waals surface area contributed by atoms with Crippen molar-refractivity contribution in [2.45, 2.75) is 25.9 Å². The summed E-state index contributed by atoms with van der Waals surface area (Å²) in [6.45, 7) is 4.23. The molecular weight excluding hydrogens is 466 g/mol. The zero-order valence-corrected chi connectivity index (χ0v) is 21.0. The van der Waals surface area contributed by atoms with Gasteiger partial charge in [0.1, 0.15) is 11.5 Å². The number of nitrogens with one attached hydrogen (secondary N) is 1. The second kappa shape index (κ2) is 9.08. The van der Waals surface area contributed by atoms with Gasteiger partial charge in [0.05, 0.1) is 37.7 Å². The average molecular weight is 492 g/mol. The van der Waals surface area contributed by atoms with Crippen molar-refractivity contribution < 1.29 is 9.47 Å². The Kier molecular flexibility index (Phi) is 5.97. The molecule has 174 valence electrons. The molecule has 7 nitrogen and oxygen atoms in total. The molecule has 0 aliphatic carbocycles. The van der Waals surface area contributed by atoms with Crippen LogP contribution in [0.3, 0.4) is 0 Å². The Morgan fingerprint density at radius 2 is 1.88 bits per heavy atom. The first-order valence-corrected chi connectivity index (χ1v) is 12.1. The number of ether oxygens (including phenoxy) is 2. The normalized spacial score (nSPS) is 17.6. The SMILES string of the molecule is COc1ccc(N2C(=S)N[C@H](c3ccccn3)[C@H]2c2cc(C)n(-c3nccs3)c2C)c(OC)c1. The minimum Gasteiger partial charge on any atom is -0.497 e. The number of thiocarbonyl (C=S) groups is 1. The van der Waals surface area contributed by atoms with E-state index in [0.29, 0.717) is 10.9 Å². The summed E-state index contributed by atoms with van der Waals surface area (Å²) in [5.74, 6) is 1.40. The predicted molar refractivity (Wildman–Crippen MR) is 138 cm³/mol. The van der Waals surface area contributed by atoms with E-state index in [4.69, 9.17) is 21.7 Å². The van der Waals surface area contributed by atoms with Crippen molar-refractivity contribution in [2.75, 3.05) is 19.1 Å². The van der Waals surface area contributed by atoms with E-state index in [1.165, 1.54) is 0 Å². The Hall–Kier alpha value is -3.43. The molecule has 0 radical (unpaired) electrons. The minimum absolute atomic E-state index is 0.147. The zero-order valence-electron chi connectivity index (χ0n) is 19.4. The van der Waals surface area contributed by atoms with E-state index in [-0.39, 0.29) is 12.1 Å². The lowest BCUT2D eigenvalue weighted by molar-refractivity contribution is 0.394. The van der Waals surface area contributed by atoms with Crippen LogP contribution in [-0.2, 0) is 0 Å². The van der Waals surface area contributed by atoms with E-state index < -0.39 is 0 Å². The molecule has 0 saturated carbocycles. The summed E-state index contributed by atoms with van der Waals surface area (Å²) in [5.41, 5.74) is 5.16. The van der Waals surface area contributed by atoms with Gasteiger partial charge in [-0.15, -0.1) is 11.3 Å². The third kappa shape index (κ3) is 3.70. The lowest BCUT2D eigenvalue weighted by Crippen LogP contribution is -2.30. The number of aromatic nitrogens is 3. The molecule has 1 N–H and O–H groups in total. The molecule has 2 atom stereocenters. The monoisotopic (exact) mass is 491 g/mol. The fourth-order valence-corrected chi connectivity index (χ4v) is 5.71. The highest BCUT2D eigenvalue weighted by molar-refractivity contribution is 7.80. The Labute approximate surface area is 208 Å². The lowest BCUT2D eigenvalue weighted by atomic mass is 9.96. The summed E-state index contributed by atoms with van der Waals surface area (Å²) in [4.78, 5) is 11.3. The van der Waals surface area contributed by atoms with Crippen molar-refractivity contribution >= 4 is 34.4 Å². The predicted octanol–water partition coefficient (Wildman–Crippen LogP) is 5.14. The first kappa shape index (κ1) is 22.4. The van der Waals surface area contributed by atoms with E-state index in [0.717, 1.165) is 39.2 Å². The van der Waals surface area contributed by atoms with Gasteiger partial charge in [0, 0.05) is 35.2 Å². The molecule has 1 fully saturated rings. The first-order valence-electron chi connectivity index (χ1n) is 10.8. The number of pyridine rings is 1. The number of rotatable bonds is 6. The van der Waals surface area contributed by atoms with E-state index in [2.05, 4.69) is 44.7 Å². The molecule has 1 aliphatic heterocycles. The van der Waals surface area contributed by atoms with Crippen LogP contribution >= 0.6 is 23.6 Å². The van der Waals surface area contributed by atoms with Crippen molar-refractivity contribution in [1.82, 2.24) is 19.9 Å². The minimum atomic E-state index is -0.149. The highest BCUT2D eigenvalue weighted by Gasteiger charge is 2.43. The van der Waals surface area contributed by atoms with Crippen LogP contribution in [0.4, 0.5) is 5.69 Å². The molecule has 4 aromatic rings. The van der Waals surface area contributed by atoms with Gasteiger partial charge in [-0.2, -0.15) is 0 Å². The number of anilines is 1. The number of benzene rings is 1. The fraction of sp³-hybridized carbons (Fsp3) is 0.240. The largest absolute Gasteiger partial charge is 0.497 e. The summed E-state index contributed by atoms with van der Waals surface area (Å²) < 4.78 is 13.4. The topological polar surface area (TPSA) is 64.4 Å². The second-order valence-electron chi connectivity index (χ2n) is 8.01. The molecular formula is C25H25N5O2S2.